The first-order chi connectivity index (χ1) is 13.0. The molecule has 0 spiro atoms. The fraction of sp³-hybridized carbons (Fsp3) is 0.600. The van der Waals surface area contributed by atoms with E-state index in [-0.39, 0.29) is 0 Å². The van der Waals surface area contributed by atoms with Gasteiger partial charge in [-0.15, -0.1) is 0 Å². The summed E-state index contributed by atoms with van der Waals surface area (Å²) >= 11 is 0. The molecular weight excluding hydrogens is 349 g/mol. The predicted octanol–water partition coefficient (Wildman–Crippen LogP) is 2.67. The Morgan fingerprint density at radius 3 is 2.81 bits per heavy atom. The third-order valence-electron chi connectivity index (χ3n) is 5.55. The summed E-state index contributed by atoms with van der Waals surface area (Å²) in [5, 5.41) is 6.83. The summed E-state index contributed by atoms with van der Waals surface area (Å²) in [4.78, 5) is 34.6. The van der Waals surface area contributed by atoms with Gasteiger partial charge in [0, 0.05) is 12.6 Å². The van der Waals surface area contributed by atoms with Crippen LogP contribution >= 0.6 is 0 Å². The zero-order chi connectivity index (χ0) is 19.4. The van der Waals surface area contributed by atoms with Crippen LogP contribution in [-0.4, -0.2) is 40.7 Å². The lowest BCUT2D eigenvalue weighted by Crippen LogP contribution is -2.52. The minimum Gasteiger partial charge on any atom is -0.378 e. The maximum atomic E-state index is 12.8. The Labute approximate surface area is 158 Å². The highest BCUT2D eigenvalue weighted by atomic mass is 19.1. The van der Waals surface area contributed by atoms with E-state index in [1.165, 1.54) is 17.5 Å². The van der Waals surface area contributed by atoms with Gasteiger partial charge in [0.05, 0.1) is 11.7 Å². The largest absolute Gasteiger partial charge is 0.378 e. The lowest BCUT2D eigenvalue weighted by Gasteiger charge is -2.26. The molecule has 0 aromatic carbocycles. The van der Waals surface area contributed by atoms with E-state index in [2.05, 4.69) is 15.5 Å². The summed E-state index contributed by atoms with van der Waals surface area (Å²) in [5.41, 5.74) is 2.76. The lowest BCUT2D eigenvalue weighted by atomic mass is 9.86. The molecule has 0 saturated carbocycles. The number of halogens is 1. The van der Waals surface area contributed by atoms with Crippen LogP contribution in [0.3, 0.4) is 0 Å². The summed E-state index contributed by atoms with van der Waals surface area (Å²) in [6.45, 7) is 2.47. The average molecular weight is 375 g/mol. The number of carbonyl (C=O) groups excluding carboxylic acids is 2. The first-order valence-electron chi connectivity index (χ1n) is 9.66. The Morgan fingerprint density at radius 1 is 1.33 bits per heavy atom. The number of nitrogens with zero attached hydrogens (tertiary/aromatic N) is 2. The lowest BCUT2D eigenvalue weighted by molar-refractivity contribution is -0.146. The van der Waals surface area contributed by atoms with E-state index in [0.717, 1.165) is 25.0 Å². The van der Waals surface area contributed by atoms with Crippen molar-refractivity contribution in [2.24, 2.45) is 5.16 Å². The maximum Gasteiger partial charge on any atom is 0.268 e. The van der Waals surface area contributed by atoms with Gasteiger partial charge in [-0.1, -0.05) is 19.0 Å². The second-order valence-electron chi connectivity index (χ2n) is 7.19. The Kier molecular flexibility index (Phi) is 5.87. The van der Waals surface area contributed by atoms with Gasteiger partial charge >= 0.3 is 0 Å². The number of Topliss-reactive ketones (excluding diaryl/α,β-unsaturated/α-hetero) is 1. The summed E-state index contributed by atoms with van der Waals surface area (Å²) in [6.07, 6.45) is 7.05. The SMILES string of the molecule is CCC(NC(=O)C1(CC)CC(c2nccc3c2CCCC3)=NO1)C(=O)CF. The Morgan fingerprint density at radius 2 is 2.11 bits per heavy atom. The minimum absolute atomic E-state index is 0.291. The highest BCUT2D eigenvalue weighted by Crippen LogP contribution is 2.33. The molecule has 1 aliphatic carbocycles. The molecule has 1 amide bonds. The van der Waals surface area contributed by atoms with Gasteiger partial charge in [0.25, 0.3) is 5.91 Å². The first-order valence-corrected chi connectivity index (χ1v) is 9.66. The number of amides is 1. The number of ketones is 1. The van der Waals surface area contributed by atoms with Crippen LogP contribution < -0.4 is 5.32 Å². The monoisotopic (exact) mass is 375 g/mol. The van der Waals surface area contributed by atoms with E-state index in [1.54, 1.807) is 13.1 Å². The van der Waals surface area contributed by atoms with Gasteiger partial charge in [-0.05, 0) is 55.7 Å². The number of pyridine rings is 1. The van der Waals surface area contributed by atoms with Crippen molar-refractivity contribution in [1.29, 1.82) is 0 Å². The first kappa shape index (κ1) is 19.5. The van der Waals surface area contributed by atoms with Gasteiger partial charge in [-0.25, -0.2) is 4.39 Å². The number of alkyl halides is 1. The van der Waals surface area contributed by atoms with Crippen LogP contribution in [0, 0.1) is 0 Å². The number of hydrogen-bond donors (Lipinski definition) is 1. The van der Waals surface area contributed by atoms with Gasteiger partial charge in [0.1, 0.15) is 12.4 Å². The number of hydrogen-bond acceptors (Lipinski definition) is 5. The van der Waals surface area contributed by atoms with Crippen molar-refractivity contribution in [3.63, 3.8) is 0 Å². The van der Waals surface area contributed by atoms with Crippen molar-refractivity contribution in [1.82, 2.24) is 10.3 Å². The molecule has 27 heavy (non-hydrogen) atoms. The second-order valence-corrected chi connectivity index (χ2v) is 7.19. The van der Waals surface area contributed by atoms with Crippen LogP contribution in [0.25, 0.3) is 0 Å². The molecule has 7 heteroatoms. The van der Waals surface area contributed by atoms with Crippen LogP contribution in [0.1, 0.15) is 62.8 Å². The maximum absolute atomic E-state index is 12.8. The molecule has 1 aromatic heterocycles. The van der Waals surface area contributed by atoms with Crippen molar-refractivity contribution in [3.05, 3.63) is 29.1 Å². The molecule has 2 atom stereocenters. The van der Waals surface area contributed by atoms with Crippen molar-refractivity contribution in [2.45, 2.75) is 70.4 Å². The smallest absolute Gasteiger partial charge is 0.268 e. The highest BCUT2D eigenvalue weighted by molar-refractivity contribution is 6.05. The number of rotatable bonds is 7. The fourth-order valence-corrected chi connectivity index (χ4v) is 3.78. The number of aromatic nitrogens is 1. The van der Waals surface area contributed by atoms with Crippen molar-refractivity contribution >= 4 is 17.4 Å². The molecular formula is C20H26FN3O3. The number of carbonyl (C=O) groups is 2. The standard InChI is InChI=1S/C20H26FN3O3/c1-3-15(17(25)12-21)23-19(26)20(4-2)11-16(24-27-20)18-14-8-6-5-7-13(14)9-10-22-18/h9-10,15H,3-8,11-12H2,1-2H3,(H,23,26). The molecule has 3 rings (SSSR count). The molecule has 0 fully saturated rings. The van der Waals surface area contributed by atoms with Crippen LogP contribution in [-0.2, 0) is 27.3 Å². The third-order valence-corrected chi connectivity index (χ3v) is 5.55. The van der Waals surface area contributed by atoms with Crippen molar-refractivity contribution in [3.8, 4) is 0 Å². The Balaban J connectivity index is 1.79. The molecule has 1 aromatic rings. The molecule has 2 aliphatic rings. The van der Waals surface area contributed by atoms with E-state index in [9.17, 15) is 14.0 Å². The van der Waals surface area contributed by atoms with Gasteiger partial charge in [0.2, 0.25) is 5.60 Å². The van der Waals surface area contributed by atoms with Crippen molar-refractivity contribution < 1.29 is 18.8 Å². The summed E-state index contributed by atoms with van der Waals surface area (Å²) in [6, 6.07) is 1.20. The third kappa shape index (κ3) is 3.73. The van der Waals surface area contributed by atoms with Crippen LogP contribution in [0.4, 0.5) is 4.39 Å². The van der Waals surface area contributed by atoms with Crippen LogP contribution in [0.5, 0.6) is 0 Å². The normalized spacial score (nSPS) is 22.4. The quantitative estimate of drug-likeness (QED) is 0.794. The summed E-state index contributed by atoms with van der Waals surface area (Å²) in [5.74, 6) is -1.06. The molecule has 2 heterocycles. The molecule has 6 nitrogen and oxygen atoms in total. The predicted molar refractivity (Wildman–Crippen MR) is 99.3 cm³/mol. The van der Waals surface area contributed by atoms with E-state index < -0.39 is 30.0 Å². The number of fused-ring (bicyclic) bond motifs is 1. The molecule has 0 bridgehead atoms. The topological polar surface area (TPSA) is 80.7 Å². The van der Waals surface area contributed by atoms with Gasteiger partial charge in [-0.3, -0.25) is 14.6 Å². The van der Waals surface area contributed by atoms with Crippen LogP contribution in [0.2, 0.25) is 0 Å². The van der Waals surface area contributed by atoms with Crippen LogP contribution in [0.15, 0.2) is 17.4 Å². The van der Waals surface area contributed by atoms with E-state index in [0.29, 0.717) is 25.0 Å². The molecule has 1 aliphatic heterocycles. The number of oxime groups is 1. The van der Waals surface area contributed by atoms with Gasteiger partial charge < -0.3 is 10.2 Å². The minimum atomic E-state index is -1.18. The zero-order valence-electron chi connectivity index (χ0n) is 15.9. The van der Waals surface area contributed by atoms with Crippen molar-refractivity contribution in [2.75, 3.05) is 6.67 Å². The Bertz CT molecular complexity index is 765. The molecule has 146 valence electrons. The molecule has 2 unspecified atom stereocenters. The van der Waals surface area contributed by atoms with E-state index >= 15 is 0 Å². The Hall–Kier alpha value is -2.31. The molecule has 0 radical (unpaired) electrons. The molecule has 1 N–H and O–H groups in total. The fourth-order valence-electron chi connectivity index (χ4n) is 3.78. The van der Waals surface area contributed by atoms with Gasteiger partial charge in [0.15, 0.2) is 5.78 Å². The zero-order valence-corrected chi connectivity index (χ0v) is 15.9. The number of nitrogens with one attached hydrogen (secondary N) is 1. The molecule has 0 saturated heterocycles. The van der Waals surface area contributed by atoms with Gasteiger partial charge in [-0.2, -0.15) is 0 Å². The average Bonchev–Trinajstić information content (AvgIpc) is 3.16. The van der Waals surface area contributed by atoms with E-state index in [1.807, 2.05) is 13.0 Å². The summed E-state index contributed by atoms with van der Waals surface area (Å²) < 4.78 is 12.7. The number of aryl methyl sites for hydroxylation is 1. The summed E-state index contributed by atoms with van der Waals surface area (Å²) in [7, 11) is 0. The van der Waals surface area contributed by atoms with E-state index in [4.69, 9.17) is 4.84 Å². The second kappa shape index (κ2) is 8.15. The highest BCUT2D eigenvalue weighted by Gasteiger charge is 2.47.